The third kappa shape index (κ3) is 5.14. The van der Waals surface area contributed by atoms with E-state index < -0.39 is 12.8 Å². The van der Waals surface area contributed by atoms with Crippen LogP contribution in [-0.2, 0) is 4.74 Å². The molecule has 0 saturated carbocycles. The second-order valence-electron chi connectivity index (χ2n) is 3.78. The summed E-state index contributed by atoms with van der Waals surface area (Å²) in [6.07, 6.45) is -4.28. The maximum Gasteiger partial charge on any atom is 0.411 e. The Labute approximate surface area is 112 Å². The van der Waals surface area contributed by atoms with Gasteiger partial charge >= 0.3 is 6.18 Å². The molecule has 0 spiro atoms. The quantitative estimate of drug-likeness (QED) is 0.644. The Morgan fingerprint density at radius 1 is 1.39 bits per heavy atom. The zero-order chi connectivity index (χ0) is 13.8. The third-order valence-corrected chi connectivity index (χ3v) is 2.84. The van der Waals surface area contributed by atoms with Crippen molar-refractivity contribution in [2.24, 2.45) is 0 Å². The molecule has 0 unspecified atom stereocenters. The summed E-state index contributed by atoms with van der Waals surface area (Å²) in [5.74, 6) is 0. The molecule has 0 aliphatic carbocycles. The predicted molar refractivity (Wildman–Crippen MR) is 68.7 cm³/mol. The van der Waals surface area contributed by atoms with Crippen LogP contribution in [0.5, 0.6) is 0 Å². The van der Waals surface area contributed by atoms with Crippen LogP contribution in [-0.4, -0.2) is 25.9 Å². The summed E-state index contributed by atoms with van der Waals surface area (Å²) in [6.45, 7) is 0.900. The summed E-state index contributed by atoms with van der Waals surface area (Å²) in [7, 11) is 0. The molecule has 0 bridgehead atoms. The first-order valence-corrected chi connectivity index (χ1v) is 6.03. The van der Waals surface area contributed by atoms with Crippen molar-refractivity contribution in [3.05, 3.63) is 22.2 Å². The summed E-state index contributed by atoms with van der Waals surface area (Å²) in [4.78, 5) is 0. The fourth-order valence-electron chi connectivity index (χ4n) is 1.28. The van der Waals surface area contributed by atoms with Gasteiger partial charge in [-0.05, 0) is 40.5 Å². The van der Waals surface area contributed by atoms with E-state index in [2.05, 4.69) is 26.0 Å². The standard InChI is InChI=1S/C11H14BrF3N2O/c1-7-4-10(8(12)5-9(7)16)17-2-3-18-6-11(13,14)15/h4-5,17H,2-3,6,16H2,1H3. The summed E-state index contributed by atoms with van der Waals surface area (Å²) in [5.41, 5.74) is 8.03. The molecule has 3 nitrogen and oxygen atoms in total. The van der Waals surface area contributed by atoms with Crippen LogP contribution in [0.4, 0.5) is 24.5 Å². The zero-order valence-electron chi connectivity index (χ0n) is 9.77. The molecule has 0 aliphatic rings. The van der Waals surface area contributed by atoms with Gasteiger partial charge in [0.25, 0.3) is 0 Å². The number of alkyl halides is 3. The van der Waals surface area contributed by atoms with Gasteiger partial charge in [-0.25, -0.2) is 0 Å². The van der Waals surface area contributed by atoms with E-state index in [1.807, 2.05) is 13.0 Å². The summed E-state index contributed by atoms with van der Waals surface area (Å²) in [5, 5.41) is 2.97. The number of ether oxygens (including phenoxy) is 1. The minimum atomic E-state index is -4.28. The van der Waals surface area contributed by atoms with Crippen molar-refractivity contribution in [2.45, 2.75) is 13.1 Å². The van der Waals surface area contributed by atoms with Crippen LogP contribution in [0.25, 0.3) is 0 Å². The Hall–Kier alpha value is -0.950. The second kappa shape index (κ2) is 6.29. The number of rotatable bonds is 5. The van der Waals surface area contributed by atoms with Crippen molar-refractivity contribution in [2.75, 3.05) is 30.8 Å². The highest BCUT2D eigenvalue weighted by atomic mass is 79.9. The molecular formula is C11H14BrF3N2O. The lowest BCUT2D eigenvalue weighted by Gasteiger charge is -2.12. The number of halogens is 4. The Bertz CT molecular complexity index is 410. The van der Waals surface area contributed by atoms with Crippen molar-refractivity contribution in [1.29, 1.82) is 0 Å². The SMILES string of the molecule is Cc1cc(NCCOCC(F)(F)F)c(Br)cc1N. The normalized spacial score (nSPS) is 11.6. The van der Waals surface area contributed by atoms with Gasteiger partial charge in [0.05, 0.1) is 6.61 Å². The minimum Gasteiger partial charge on any atom is -0.398 e. The first-order valence-electron chi connectivity index (χ1n) is 5.23. The van der Waals surface area contributed by atoms with Gasteiger partial charge in [-0.15, -0.1) is 0 Å². The fourth-order valence-corrected chi connectivity index (χ4v) is 1.78. The van der Waals surface area contributed by atoms with Crippen molar-refractivity contribution in [1.82, 2.24) is 0 Å². The van der Waals surface area contributed by atoms with E-state index in [1.165, 1.54) is 0 Å². The molecule has 0 aromatic heterocycles. The predicted octanol–water partition coefficient (Wildman–Crippen LogP) is 3.33. The van der Waals surface area contributed by atoms with Crippen LogP contribution in [0.1, 0.15) is 5.56 Å². The first-order chi connectivity index (χ1) is 8.29. The van der Waals surface area contributed by atoms with Gasteiger partial charge in [-0.1, -0.05) is 0 Å². The van der Waals surface area contributed by atoms with Gasteiger partial charge in [0.15, 0.2) is 0 Å². The number of anilines is 2. The van der Waals surface area contributed by atoms with E-state index in [9.17, 15) is 13.2 Å². The summed E-state index contributed by atoms with van der Waals surface area (Å²) >= 11 is 3.32. The van der Waals surface area contributed by atoms with E-state index in [0.29, 0.717) is 5.69 Å². The third-order valence-electron chi connectivity index (χ3n) is 2.18. The molecule has 1 aromatic carbocycles. The smallest absolute Gasteiger partial charge is 0.398 e. The largest absolute Gasteiger partial charge is 0.411 e. The average molecular weight is 327 g/mol. The number of nitrogens with one attached hydrogen (secondary N) is 1. The lowest BCUT2D eigenvalue weighted by molar-refractivity contribution is -0.172. The monoisotopic (exact) mass is 326 g/mol. The van der Waals surface area contributed by atoms with Gasteiger partial charge in [0.1, 0.15) is 6.61 Å². The molecule has 18 heavy (non-hydrogen) atoms. The number of benzene rings is 1. The van der Waals surface area contributed by atoms with Crippen molar-refractivity contribution in [3.8, 4) is 0 Å². The fraction of sp³-hybridized carbons (Fsp3) is 0.455. The van der Waals surface area contributed by atoms with Crippen LogP contribution >= 0.6 is 15.9 Å². The average Bonchev–Trinajstić information content (AvgIpc) is 2.23. The molecule has 0 fully saturated rings. The van der Waals surface area contributed by atoms with Gasteiger partial charge in [-0.3, -0.25) is 0 Å². The summed E-state index contributed by atoms with van der Waals surface area (Å²) < 4.78 is 40.7. The molecule has 0 saturated heterocycles. The van der Waals surface area contributed by atoms with Crippen LogP contribution in [0.2, 0.25) is 0 Å². The van der Waals surface area contributed by atoms with E-state index in [0.717, 1.165) is 15.7 Å². The van der Waals surface area contributed by atoms with Gasteiger partial charge in [0, 0.05) is 22.4 Å². The highest BCUT2D eigenvalue weighted by molar-refractivity contribution is 9.10. The maximum atomic E-state index is 11.8. The second-order valence-corrected chi connectivity index (χ2v) is 4.64. The number of aryl methyl sites for hydroxylation is 1. The number of nitrogens with two attached hydrogens (primary N) is 1. The van der Waals surface area contributed by atoms with E-state index in [-0.39, 0.29) is 13.2 Å². The molecule has 102 valence electrons. The molecule has 0 heterocycles. The van der Waals surface area contributed by atoms with Crippen LogP contribution in [0.3, 0.4) is 0 Å². The lowest BCUT2D eigenvalue weighted by atomic mass is 10.2. The Kier molecular flexibility index (Phi) is 5.28. The van der Waals surface area contributed by atoms with Crippen LogP contribution in [0.15, 0.2) is 16.6 Å². The minimum absolute atomic E-state index is 0.0185. The molecule has 1 rings (SSSR count). The number of hydrogen-bond donors (Lipinski definition) is 2. The van der Waals surface area contributed by atoms with E-state index >= 15 is 0 Å². The van der Waals surface area contributed by atoms with Gasteiger partial charge in [0.2, 0.25) is 0 Å². The maximum absolute atomic E-state index is 11.8. The first kappa shape index (κ1) is 15.1. The Morgan fingerprint density at radius 2 is 2.06 bits per heavy atom. The van der Waals surface area contributed by atoms with E-state index in [4.69, 9.17) is 5.73 Å². The molecule has 7 heteroatoms. The van der Waals surface area contributed by atoms with E-state index in [1.54, 1.807) is 6.07 Å². The molecular weight excluding hydrogens is 313 g/mol. The molecule has 0 aliphatic heterocycles. The summed E-state index contributed by atoms with van der Waals surface area (Å²) in [6, 6.07) is 3.57. The highest BCUT2D eigenvalue weighted by Crippen LogP contribution is 2.27. The topological polar surface area (TPSA) is 47.3 Å². The lowest BCUT2D eigenvalue weighted by Crippen LogP contribution is -2.20. The van der Waals surface area contributed by atoms with Crippen molar-refractivity contribution < 1.29 is 17.9 Å². The molecule has 1 aromatic rings. The molecule has 0 radical (unpaired) electrons. The Morgan fingerprint density at radius 3 is 2.67 bits per heavy atom. The highest BCUT2D eigenvalue weighted by Gasteiger charge is 2.27. The number of nitrogen functional groups attached to an aromatic ring is 1. The Balaban J connectivity index is 2.38. The van der Waals surface area contributed by atoms with Crippen LogP contribution < -0.4 is 11.1 Å². The molecule has 0 amide bonds. The number of hydrogen-bond acceptors (Lipinski definition) is 3. The van der Waals surface area contributed by atoms with Crippen molar-refractivity contribution >= 4 is 27.3 Å². The zero-order valence-corrected chi connectivity index (χ0v) is 11.4. The molecule has 0 atom stereocenters. The van der Waals surface area contributed by atoms with Crippen molar-refractivity contribution in [3.63, 3.8) is 0 Å². The van der Waals surface area contributed by atoms with Gasteiger partial charge < -0.3 is 15.8 Å². The van der Waals surface area contributed by atoms with Gasteiger partial charge in [-0.2, -0.15) is 13.2 Å². The van der Waals surface area contributed by atoms with Crippen LogP contribution in [0, 0.1) is 6.92 Å². The molecule has 3 N–H and O–H groups in total.